The molecule has 4 nitrogen and oxygen atoms in total. The van der Waals surface area contributed by atoms with E-state index < -0.39 is 0 Å². The first-order chi connectivity index (χ1) is 9.47. The fraction of sp³-hybridized carbons (Fsp3) is 0.562. The third-order valence-electron chi connectivity index (χ3n) is 4.01. The summed E-state index contributed by atoms with van der Waals surface area (Å²) < 4.78 is 0. The third-order valence-corrected chi connectivity index (χ3v) is 4.01. The molecule has 1 heterocycles. The van der Waals surface area contributed by atoms with Crippen molar-refractivity contribution in [3.8, 4) is 0 Å². The largest absolute Gasteiger partial charge is 0.399 e. The second-order valence-corrected chi connectivity index (χ2v) is 6.07. The molecular weight excluding hydrogens is 250 g/mol. The van der Waals surface area contributed by atoms with Gasteiger partial charge in [-0.2, -0.15) is 0 Å². The van der Waals surface area contributed by atoms with Crippen molar-refractivity contribution in [2.75, 3.05) is 39.5 Å². The van der Waals surface area contributed by atoms with Crippen molar-refractivity contribution in [3.63, 3.8) is 0 Å². The van der Waals surface area contributed by atoms with Gasteiger partial charge >= 0.3 is 0 Å². The molecule has 1 fully saturated rings. The van der Waals surface area contributed by atoms with Crippen LogP contribution in [-0.4, -0.2) is 49.4 Å². The van der Waals surface area contributed by atoms with Crippen LogP contribution in [0.5, 0.6) is 0 Å². The fourth-order valence-corrected chi connectivity index (χ4v) is 2.93. The van der Waals surface area contributed by atoms with E-state index in [1.54, 1.807) is 6.07 Å². The van der Waals surface area contributed by atoms with Crippen molar-refractivity contribution in [1.29, 1.82) is 0 Å². The maximum absolute atomic E-state index is 12.5. The molecule has 1 aromatic rings. The van der Waals surface area contributed by atoms with Gasteiger partial charge in [-0.05, 0) is 63.5 Å². The molecule has 0 aliphatic carbocycles. The van der Waals surface area contributed by atoms with E-state index in [0.717, 1.165) is 43.6 Å². The number of rotatable bonds is 3. The van der Waals surface area contributed by atoms with Crippen LogP contribution in [0.25, 0.3) is 0 Å². The van der Waals surface area contributed by atoms with Crippen LogP contribution < -0.4 is 5.73 Å². The molecule has 0 atom stereocenters. The molecule has 4 heteroatoms. The summed E-state index contributed by atoms with van der Waals surface area (Å²) in [7, 11) is 4.21. The van der Waals surface area contributed by atoms with Crippen LogP contribution in [0.4, 0.5) is 5.69 Å². The van der Waals surface area contributed by atoms with E-state index in [2.05, 4.69) is 19.0 Å². The van der Waals surface area contributed by atoms with Gasteiger partial charge in [-0.1, -0.05) is 0 Å². The van der Waals surface area contributed by atoms with Gasteiger partial charge in [-0.25, -0.2) is 0 Å². The highest BCUT2D eigenvalue weighted by atomic mass is 16.2. The Balaban J connectivity index is 1.98. The Labute approximate surface area is 121 Å². The SMILES string of the molecule is Cc1cc(N)ccc1C(=O)N1CCC(CN(C)C)CC1. The van der Waals surface area contributed by atoms with Gasteiger partial charge in [0.25, 0.3) is 5.91 Å². The zero-order valence-electron chi connectivity index (χ0n) is 12.7. The van der Waals surface area contributed by atoms with Crippen LogP contribution >= 0.6 is 0 Å². The number of benzene rings is 1. The van der Waals surface area contributed by atoms with Gasteiger partial charge in [-0.3, -0.25) is 4.79 Å². The number of likely N-dealkylation sites (tertiary alicyclic amines) is 1. The maximum atomic E-state index is 12.5. The number of aryl methyl sites for hydroxylation is 1. The highest BCUT2D eigenvalue weighted by Gasteiger charge is 2.24. The van der Waals surface area contributed by atoms with Gasteiger partial charge in [0.1, 0.15) is 0 Å². The van der Waals surface area contributed by atoms with Crippen molar-refractivity contribution in [2.24, 2.45) is 5.92 Å². The first-order valence-electron chi connectivity index (χ1n) is 7.27. The number of anilines is 1. The normalized spacial score (nSPS) is 16.7. The summed E-state index contributed by atoms with van der Waals surface area (Å²) >= 11 is 0. The van der Waals surface area contributed by atoms with E-state index in [9.17, 15) is 4.79 Å². The lowest BCUT2D eigenvalue weighted by molar-refractivity contribution is 0.0677. The molecular formula is C16H25N3O. The van der Waals surface area contributed by atoms with Crippen molar-refractivity contribution >= 4 is 11.6 Å². The summed E-state index contributed by atoms with van der Waals surface area (Å²) in [4.78, 5) is 16.7. The van der Waals surface area contributed by atoms with Gasteiger partial charge in [0, 0.05) is 30.9 Å². The van der Waals surface area contributed by atoms with E-state index in [1.165, 1.54) is 0 Å². The lowest BCUT2D eigenvalue weighted by atomic mass is 9.95. The summed E-state index contributed by atoms with van der Waals surface area (Å²) in [6.07, 6.45) is 2.19. The second kappa shape index (κ2) is 6.27. The summed E-state index contributed by atoms with van der Waals surface area (Å²) in [5.41, 5.74) is 8.20. The highest BCUT2D eigenvalue weighted by molar-refractivity contribution is 5.96. The minimum Gasteiger partial charge on any atom is -0.399 e. The van der Waals surface area contributed by atoms with Crippen molar-refractivity contribution in [2.45, 2.75) is 19.8 Å². The van der Waals surface area contributed by atoms with Gasteiger partial charge in [0.15, 0.2) is 0 Å². The number of carbonyl (C=O) groups is 1. The smallest absolute Gasteiger partial charge is 0.254 e. The molecule has 0 radical (unpaired) electrons. The van der Waals surface area contributed by atoms with Crippen LogP contribution in [0.1, 0.15) is 28.8 Å². The van der Waals surface area contributed by atoms with E-state index in [-0.39, 0.29) is 5.91 Å². The van der Waals surface area contributed by atoms with Gasteiger partial charge in [-0.15, -0.1) is 0 Å². The molecule has 0 unspecified atom stereocenters. The fourth-order valence-electron chi connectivity index (χ4n) is 2.93. The monoisotopic (exact) mass is 275 g/mol. The standard InChI is InChI=1S/C16H25N3O/c1-12-10-14(17)4-5-15(12)16(20)19-8-6-13(7-9-19)11-18(2)3/h4-5,10,13H,6-9,11,17H2,1-3H3. The van der Waals surface area contributed by atoms with E-state index in [4.69, 9.17) is 5.73 Å². The Bertz CT molecular complexity index is 477. The number of nitrogens with zero attached hydrogens (tertiary/aromatic N) is 2. The van der Waals surface area contributed by atoms with E-state index in [0.29, 0.717) is 11.6 Å². The average molecular weight is 275 g/mol. The molecule has 20 heavy (non-hydrogen) atoms. The molecule has 2 rings (SSSR count). The molecule has 0 bridgehead atoms. The number of hydrogen-bond donors (Lipinski definition) is 1. The molecule has 1 saturated heterocycles. The molecule has 0 spiro atoms. The first-order valence-corrected chi connectivity index (χ1v) is 7.27. The average Bonchev–Trinajstić information content (AvgIpc) is 2.38. The molecule has 1 aliphatic rings. The van der Waals surface area contributed by atoms with Crippen molar-refractivity contribution < 1.29 is 4.79 Å². The van der Waals surface area contributed by atoms with Crippen LogP contribution in [0.2, 0.25) is 0 Å². The van der Waals surface area contributed by atoms with Crippen molar-refractivity contribution in [1.82, 2.24) is 9.80 Å². The zero-order chi connectivity index (χ0) is 14.7. The first kappa shape index (κ1) is 14.9. The van der Waals surface area contributed by atoms with Gasteiger partial charge in [0.2, 0.25) is 0 Å². The summed E-state index contributed by atoms with van der Waals surface area (Å²) in [6, 6.07) is 5.52. The van der Waals surface area contributed by atoms with Crippen LogP contribution in [0.3, 0.4) is 0 Å². The van der Waals surface area contributed by atoms with E-state index in [1.807, 2.05) is 24.0 Å². The number of carbonyl (C=O) groups excluding carboxylic acids is 1. The number of nitrogen functional groups attached to an aromatic ring is 1. The Kier molecular flexibility index (Phi) is 4.65. The Morgan fingerprint density at radius 3 is 2.55 bits per heavy atom. The molecule has 110 valence electrons. The highest BCUT2D eigenvalue weighted by Crippen LogP contribution is 2.21. The predicted molar refractivity (Wildman–Crippen MR) is 82.8 cm³/mol. The molecule has 0 aromatic heterocycles. The van der Waals surface area contributed by atoms with Crippen molar-refractivity contribution in [3.05, 3.63) is 29.3 Å². The number of piperidine rings is 1. The third kappa shape index (κ3) is 3.51. The summed E-state index contributed by atoms with van der Waals surface area (Å²) in [6.45, 7) is 4.79. The Hall–Kier alpha value is -1.55. The van der Waals surface area contributed by atoms with Crippen LogP contribution in [0, 0.1) is 12.8 Å². The van der Waals surface area contributed by atoms with Crippen LogP contribution in [-0.2, 0) is 0 Å². The number of hydrogen-bond acceptors (Lipinski definition) is 3. The lowest BCUT2D eigenvalue weighted by Crippen LogP contribution is -2.40. The zero-order valence-corrected chi connectivity index (χ0v) is 12.7. The second-order valence-electron chi connectivity index (χ2n) is 6.07. The molecule has 0 saturated carbocycles. The molecule has 2 N–H and O–H groups in total. The molecule has 1 aliphatic heterocycles. The topological polar surface area (TPSA) is 49.6 Å². The minimum absolute atomic E-state index is 0.144. The quantitative estimate of drug-likeness (QED) is 0.858. The molecule has 1 amide bonds. The molecule has 1 aromatic carbocycles. The summed E-state index contributed by atoms with van der Waals surface area (Å²) in [5.74, 6) is 0.854. The predicted octanol–water partition coefficient (Wildman–Crippen LogP) is 1.99. The Morgan fingerprint density at radius 1 is 1.35 bits per heavy atom. The van der Waals surface area contributed by atoms with Gasteiger partial charge in [0.05, 0.1) is 0 Å². The Morgan fingerprint density at radius 2 is 2.00 bits per heavy atom. The maximum Gasteiger partial charge on any atom is 0.254 e. The minimum atomic E-state index is 0.144. The van der Waals surface area contributed by atoms with Crippen LogP contribution in [0.15, 0.2) is 18.2 Å². The summed E-state index contributed by atoms with van der Waals surface area (Å²) in [5, 5.41) is 0. The van der Waals surface area contributed by atoms with E-state index >= 15 is 0 Å². The lowest BCUT2D eigenvalue weighted by Gasteiger charge is -2.33. The van der Waals surface area contributed by atoms with Gasteiger partial charge < -0.3 is 15.5 Å². The number of amides is 1. The number of nitrogens with two attached hydrogens (primary N) is 1.